The first-order valence-corrected chi connectivity index (χ1v) is 9.09. The average molecular weight is 294 g/mol. The normalized spacial score (nSPS) is 43.1. The van der Waals surface area contributed by atoms with E-state index in [0.29, 0.717) is 6.10 Å². The predicted octanol–water partition coefficient (Wildman–Crippen LogP) is 3.03. The fourth-order valence-electron chi connectivity index (χ4n) is 4.99. The van der Waals surface area contributed by atoms with E-state index in [1.807, 2.05) is 0 Å². The molecule has 3 fully saturated rings. The summed E-state index contributed by atoms with van der Waals surface area (Å²) < 4.78 is 5.87. The minimum atomic E-state index is -0.0612. The minimum Gasteiger partial charge on any atom is -0.378 e. The summed E-state index contributed by atoms with van der Waals surface area (Å²) in [6.45, 7) is 11.1. The molecule has 0 aromatic heterocycles. The van der Waals surface area contributed by atoms with Crippen molar-refractivity contribution in [1.29, 1.82) is 0 Å². The Hall–Kier alpha value is -0.120. The highest BCUT2D eigenvalue weighted by Crippen LogP contribution is 2.50. The Kier molecular flexibility index (Phi) is 4.37. The molecule has 3 heteroatoms. The SMILES string of the molecule is CCOC1CC(N)(CN2CCC3CCCCC3C2)C1(C)C. The average Bonchev–Trinajstić information content (AvgIpc) is 2.47. The number of fused-ring (bicyclic) bond motifs is 1. The zero-order chi connectivity index (χ0) is 15.1. The summed E-state index contributed by atoms with van der Waals surface area (Å²) in [4.78, 5) is 2.66. The molecule has 2 aliphatic carbocycles. The quantitative estimate of drug-likeness (QED) is 0.866. The van der Waals surface area contributed by atoms with Gasteiger partial charge in [0, 0.05) is 30.7 Å². The summed E-state index contributed by atoms with van der Waals surface area (Å²) in [5.41, 5.74) is 6.82. The summed E-state index contributed by atoms with van der Waals surface area (Å²) >= 11 is 0. The molecule has 0 bridgehead atoms. The van der Waals surface area contributed by atoms with Crippen molar-refractivity contribution in [3.63, 3.8) is 0 Å². The lowest BCUT2D eigenvalue weighted by Gasteiger charge is -2.61. The van der Waals surface area contributed by atoms with E-state index >= 15 is 0 Å². The topological polar surface area (TPSA) is 38.5 Å². The summed E-state index contributed by atoms with van der Waals surface area (Å²) in [6, 6.07) is 0. The van der Waals surface area contributed by atoms with Crippen LogP contribution in [0.4, 0.5) is 0 Å². The van der Waals surface area contributed by atoms with Gasteiger partial charge in [0.1, 0.15) is 0 Å². The smallest absolute Gasteiger partial charge is 0.0662 e. The second-order valence-corrected chi connectivity index (χ2v) is 8.35. The third-order valence-electron chi connectivity index (χ3n) is 6.89. The van der Waals surface area contributed by atoms with Crippen LogP contribution in [0.1, 0.15) is 59.3 Å². The van der Waals surface area contributed by atoms with Gasteiger partial charge in [0.2, 0.25) is 0 Å². The summed E-state index contributed by atoms with van der Waals surface area (Å²) in [6.07, 6.45) is 8.61. The van der Waals surface area contributed by atoms with Gasteiger partial charge >= 0.3 is 0 Å². The van der Waals surface area contributed by atoms with Crippen LogP contribution in [-0.2, 0) is 4.74 Å². The molecule has 122 valence electrons. The van der Waals surface area contributed by atoms with Crippen LogP contribution in [0.5, 0.6) is 0 Å². The third kappa shape index (κ3) is 2.77. The Morgan fingerprint density at radius 2 is 1.86 bits per heavy atom. The Balaban J connectivity index is 1.57. The molecule has 0 radical (unpaired) electrons. The molecule has 0 aromatic carbocycles. The molecule has 2 saturated carbocycles. The third-order valence-corrected chi connectivity index (χ3v) is 6.89. The fourth-order valence-corrected chi connectivity index (χ4v) is 4.99. The predicted molar refractivity (Wildman–Crippen MR) is 87.2 cm³/mol. The van der Waals surface area contributed by atoms with E-state index in [2.05, 4.69) is 25.7 Å². The maximum absolute atomic E-state index is 6.78. The van der Waals surface area contributed by atoms with E-state index in [1.54, 1.807) is 0 Å². The van der Waals surface area contributed by atoms with Crippen LogP contribution < -0.4 is 5.73 Å². The van der Waals surface area contributed by atoms with Gasteiger partial charge in [-0.2, -0.15) is 0 Å². The number of hydrogen-bond donors (Lipinski definition) is 1. The van der Waals surface area contributed by atoms with Crippen molar-refractivity contribution in [2.75, 3.05) is 26.2 Å². The lowest BCUT2D eigenvalue weighted by Crippen LogP contribution is -2.74. The van der Waals surface area contributed by atoms with Crippen molar-refractivity contribution in [3.8, 4) is 0 Å². The van der Waals surface area contributed by atoms with Crippen molar-refractivity contribution in [1.82, 2.24) is 4.90 Å². The van der Waals surface area contributed by atoms with Crippen molar-refractivity contribution in [2.45, 2.75) is 70.9 Å². The molecule has 0 aromatic rings. The molecule has 4 atom stereocenters. The molecule has 1 saturated heterocycles. The van der Waals surface area contributed by atoms with Gasteiger partial charge in [0.25, 0.3) is 0 Å². The molecule has 1 heterocycles. The van der Waals surface area contributed by atoms with Crippen LogP contribution in [0.2, 0.25) is 0 Å². The number of likely N-dealkylation sites (tertiary alicyclic amines) is 1. The van der Waals surface area contributed by atoms with Crippen LogP contribution in [-0.4, -0.2) is 42.8 Å². The van der Waals surface area contributed by atoms with Crippen LogP contribution in [0.25, 0.3) is 0 Å². The number of rotatable bonds is 4. The number of nitrogens with zero attached hydrogens (tertiary/aromatic N) is 1. The second-order valence-electron chi connectivity index (χ2n) is 8.35. The Labute approximate surface area is 130 Å². The van der Waals surface area contributed by atoms with E-state index in [1.165, 1.54) is 45.2 Å². The summed E-state index contributed by atoms with van der Waals surface area (Å²) in [5, 5.41) is 0. The molecule has 21 heavy (non-hydrogen) atoms. The van der Waals surface area contributed by atoms with Gasteiger partial charge < -0.3 is 15.4 Å². The van der Waals surface area contributed by atoms with Crippen molar-refractivity contribution >= 4 is 0 Å². The molecule has 3 aliphatic rings. The molecule has 3 nitrogen and oxygen atoms in total. The van der Waals surface area contributed by atoms with Crippen LogP contribution >= 0.6 is 0 Å². The maximum atomic E-state index is 6.78. The highest BCUT2D eigenvalue weighted by atomic mass is 16.5. The van der Waals surface area contributed by atoms with Gasteiger partial charge in [-0.1, -0.05) is 33.1 Å². The molecule has 3 rings (SSSR count). The monoisotopic (exact) mass is 294 g/mol. The van der Waals surface area contributed by atoms with Gasteiger partial charge in [-0.15, -0.1) is 0 Å². The van der Waals surface area contributed by atoms with Gasteiger partial charge in [-0.25, -0.2) is 0 Å². The van der Waals surface area contributed by atoms with Gasteiger partial charge in [-0.3, -0.25) is 0 Å². The summed E-state index contributed by atoms with van der Waals surface area (Å²) in [5.74, 6) is 1.95. The zero-order valence-electron chi connectivity index (χ0n) is 14.2. The van der Waals surface area contributed by atoms with E-state index in [9.17, 15) is 0 Å². The first-order chi connectivity index (χ1) is 9.96. The zero-order valence-corrected chi connectivity index (χ0v) is 14.2. The van der Waals surface area contributed by atoms with E-state index < -0.39 is 0 Å². The van der Waals surface area contributed by atoms with Crippen LogP contribution in [0.15, 0.2) is 0 Å². The van der Waals surface area contributed by atoms with E-state index in [0.717, 1.165) is 31.4 Å². The van der Waals surface area contributed by atoms with Crippen molar-refractivity contribution in [3.05, 3.63) is 0 Å². The number of hydrogen-bond acceptors (Lipinski definition) is 3. The van der Waals surface area contributed by atoms with Gasteiger partial charge in [-0.05, 0) is 44.6 Å². The number of ether oxygens (including phenoxy) is 1. The highest BCUT2D eigenvalue weighted by molar-refractivity contribution is 5.15. The Bertz CT molecular complexity index is 370. The standard InChI is InChI=1S/C18H34N2O/c1-4-21-16-11-18(19,17(16,2)3)13-20-10-9-14-7-5-6-8-15(14)12-20/h14-16H,4-13,19H2,1-3H3. The lowest BCUT2D eigenvalue weighted by molar-refractivity contribution is -0.158. The minimum absolute atomic E-state index is 0.0612. The maximum Gasteiger partial charge on any atom is 0.0662 e. The highest BCUT2D eigenvalue weighted by Gasteiger charge is 2.59. The Morgan fingerprint density at radius 1 is 1.14 bits per heavy atom. The molecular formula is C18H34N2O. The van der Waals surface area contributed by atoms with E-state index in [4.69, 9.17) is 10.5 Å². The van der Waals surface area contributed by atoms with Crippen LogP contribution in [0, 0.1) is 17.3 Å². The first kappa shape index (κ1) is 15.8. The lowest BCUT2D eigenvalue weighted by atomic mass is 9.54. The fraction of sp³-hybridized carbons (Fsp3) is 1.00. The Morgan fingerprint density at radius 3 is 2.52 bits per heavy atom. The summed E-state index contributed by atoms with van der Waals surface area (Å²) in [7, 11) is 0. The number of nitrogens with two attached hydrogens (primary N) is 1. The molecule has 2 N–H and O–H groups in total. The molecule has 0 amide bonds. The molecule has 1 aliphatic heterocycles. The van der Waals surface area contributed by atoms with Gasteiger partial charge in [0.05, 0.1) is 6.10 Å². The largest absolute Gasteiger partial charge is 0.378 e. The molecular weight excluding hydrogens is 260 g/mol. The van der Waals surface area contributed by atoms with Crippen molar-refractivity contribution in [2.24, 2.45) is 23.0 Å². The van der Waals surface area contributed by atoms with Crippen molar-refractivity contribution < 1.29 is 4.74 Å². The van der Waals surface area contributed by atoms with Gasteiger partial charge in [0.15, 0.2) is 0 Å². The van der Waals surface area contributed by atoms with Crippen LogP contribution in [0.3, 0.4) is 0 Å². The molecule has 0 spiro atoms. The molecule has 4 unspecified atom stereocenters. The first-order valence-electron chi connectivity index (χ1n) is 9.09. The number of piperidine rings is 1. The second kappa shape index (κ2) is 5.82. The van der Waals surface area contributed by atoms with E-state index in [-0.39, 0.29) is 11.0 Å².